The first-order valence-corrected chi connectivity index (χ1v) is 10.9. The second kappa shape index (κ2) is 6.26. The van der Waals surface area contributed by atoms with Crippen molar-refractivity contribution in [2.24, 2.45) is 0 Å². The molecule has 0 spiro atoms. The molecule has 1 aromatic rings. The van der Waals surface area contributed by atoms with Crippen molar-refractivity contribution in [2.75, 3.05) is 0 Å². The molecule has 0 aliphatic carbocycles. The molecule has 1 aliphatic heterocycles. The number of hydrogen-bond acceptors (Lipinski definition) is 4. The van der Waals surface area contributed by atoms with Crippen molar-refractivity contribution >= 4 is 14.3 Å². The molecule has 0 saturated heterocycles. The Morgan fingerprint density at radius 1 is 1.14 bits per heavy atom. The fourth-order valence-electron chi connectivity index (χ4n) is 2.37. The molecular formula is C17H24O4Si. The fraction of sp³-hybridized carbons (Fsp3) is 0.471. The highest BCUT2D eigenvalue weighted by Crippen LogP contribution is 2.32. The average molecular weight is 320 g/mol. The Morgan fingerprint density at radius 3 is 2.32 bits per heavy atom. The van der Waals surface area contributed by atoms with Crippen LogP contribution >= 0.6 is 0 Å². The second-order valence-electron chi connectivity index (χ2n) is 6.87. The number of esters is 1. The highest BCUT2D eigenvalue weighted by molar-refractivity contribution is 6.69. The molecule has 0 saturated carbocycles. The predicted octanol–water partition coefficient (Wildman–Crippen LogP) is 4.16. The molecule has 22 heavy (non-hydrogen) atoms. The molecule has 1 atom stereocenters. The van der Waals surface area contributed by atoms with Crippen molar-refractivity contribution in [1.82, 2.24) is 0 Å². The van der Waals surface area contributed by atoms with E-state index in [1.54, 1.807) is 13.8 Å². The van der Waals surface area contributed by atoms with Crippen molar-refractivity contribution in [3.63, 3.8) is 0 Å². The van der Waals surface area contributed by atoms with Gasteiger partial charge in [-0.15, -0.1) is 0 Å². The zero-order valence-corrected chi connectivity index (χ0v) is 14.9. The van der Waals surface area contributed by atoms with Crippen LogP contribution in [0.2, 0.25) is 19.6 Å². The first-order valence-electron chi connectivity index (χ1n) is 7.50. The lowest BCUT2D eigenvalue weighted by Crippen LogP contribution is -2.35. The van der Waals surface area contributed by atoms with Gasteiger partial charge in [0.05, 0.1) is 12.2 Å². The van der Waals surface area contributed by atoms with Crippen LogP contribution in [-0.4, -0.2) is 20.1 Å². The lowest BCUT2D eigenvalue weighted by Gasteiger charge is -2.33. The van der Waals surface area contributed by atoms with Gasteiger partial charge in [0.25, 0.3) is 0 Å². The Labute approximate surface area is 133 Å². The van der Waals surface area contributed by atoms with E-state index < -0.39 is 14.1 Å². The van der Waals surface area contributed by atoms with Gasteiger partial charge in [-0.05, 0) is 25.2 Å². The molecule has 1 aromatic carbocycles. The number of rotatable bonds is 5. The maximum absolute atomic E-state index is 11.7. The van der Waals surface area contributed by atoms with E-state index in [4.69, 9.17) is 13.9 Å². The first-order chi connectivity index (χ1) is 10.1. The molecule has 1 aliphatic rings. The summed E-state index contributed by atoms with van der Waals surface area (Å²) in [5, 5.41) is 0. The van der Waals surface area contributed by atoms with E-state index in [0.717, 1.165) is 5.56 Å². The molecule has 5 heteroatoms. The van der Waals surface area contributed by atoms with E-state index in [1.165, 1.54) is 6.08 Å². The second-order valence-corrected chi connectivity index (χ2v) is 11.3. The summed E-state index contributed by atoms with van der Waals surface area (Å²) in [4.78, 5) is 11.7. The molecule has 1 heterocycles. The normalized spacial score (nSPS) is 19.0. The van der Waals surface area contributed by atoms with Crippen molar-refractivity contribution in [2.45, 2.75) is 51.8 Å². The largest absolute Gasteiger partial charge is 0.457 e. The summed E-state index contributed by atoms with van der Waals surface area (Å²) in [6.07, 6.45) is 1.81. The van der Waals surface area contributed by atoms with E-state index in [1.807, 2.05) is 30.3 Å². The average Bonchev–Trinajstić information content (AvgIpc) is 2.35. The van der Waals surface area contributed by atoms with Crippen molar-refractivity contribution < 1.29 is 18.7 Å². The van der Waals surface area contributed by atoms with E-state index in [2.05, 4.69) is 19.6 Å². The van der Waals surface area contributed by atoms with Gasteiger partial charge in [-0.2, -0.15) is 0 Å². The molecule has 4 nitrogen and oxygen atoms in total. The smallest absolute Gasteiger partial charge is 0.337 e. The number of ether oxygens (including phenoxy) is 2. The van der Waals surface area contributed by atoms with Crippen LogP contribution in [0.5, 0.6) is 0 Å². The summed E-state index contributed by atoms with van der Waals surface area (Å²) in [6.45, 7) is 9.91. The Bertz CT molecular complexity index is 558. The minimum absolute atomic E-state index is 0.124. The van der Waals surface area contributed by atoms with Crippen LogP contribution in [-0.2, 0) is 18.7 Å². The van der Waals surface area contributed by atoms with Gasteiger partial charge in [-0.1, -0.05) is 30.3 Å². The third kappa shape index (κ3) is 5.00. The molecule has 0 N–H and O–H groups in total. The van der Waals surface area contributed by atoms with E-state index >= 15 is 0 Å². The molecule has 1 unspecified atom stereocenters. The maximum atomic E-state index is 11.7. The highest BCUT2D eigenvalue weighted by atomic mass is 28.4. The standard InChI is InChI=1S/C17H24O4Si/c1-17(2)19-14(12-16(18)20-17)11-15(21-22(3,4)5)13-9-7-6-8-10-13/h6-10,12,15H,11H2,1-5H3. The third-order valence-corrected chi connectivity index (χ3v) is 4.05. The van der Waals surface area contributed by atoms with Gasteiger partial charge in [0, 0.05) is 20.3 Å². The number of carbonyl (C=O) groups is 1. The summed E-state index contributed by atoms with van der Waals surface area (Å²) in [5.74, 6) is -0.693. The number of hydrogen-bond donors (Lipinski definition) is 0. The molecule has 0 radical (unpaired) electrons. The molecule has 0 amide bonds. The monoisotopic (exact) mass is 320 g/mol. The van der Waals surface area contributed by atoms with Crippen LogP contribution in [0.1, 0.15) is 31.9 Å². The predicted molar refractivity (Wildman–Crippen MR) is 87.6 cm³/mol. The Morgan fingerprint density at radius 2 is 1.77 bits per heavy atom. The summed E-state index contributed by atoms with van der Waals surface area (Å²) >= 11 is 0. The van der Waals surface area contributed by atoms with Crippen LogP contribution in [0.3, 0.4) is 0 Å². The van der Waals surface area contributed by atoms with E-state index in [-0.39, 0.29) is 12.1 Å². The summed E-state index contributed by atoms with van der Waals surface area (Å²) in [7, 11) is -1.74. The van der Waals surface area contributed by atoms with E-state index in [9.17, 15) is 4.79 Å². The summed E-state index contributed by atoms with van der Waals surface area (Å²) in [6, 6.07) is 10.0. The third-order valence-electron chi connectivity index (χ3n) is 3.06. The molecule has 2 rings (SSSR count). The summed E-state index contributed by atoms with van der Waals surface area (Å²) < 4.78 is 17.2. The minimum Gasteiger partial charge on any atom is -0.457 e. The molecule has 0 fully saturated rings. The first kappa shape index (κ1) is 16.8. The van der Waals surface area contributed by atoms with Crippen LogP contribution in [0.15, 0.2) is 42.2 Å². The Hall–Kier alpha value is -1.59. The number of cyclic esters (lactones) is 1. The minimum atomic E-state index is -1.74. The molecule has 120 valence electrons. The number of benzene rings is 1. The molecular weight excluding hydrogens is 296 g/mol. The Balaban J connectivity index is 2.22. The van der Waals surface area contributed by atoms with Gasteiger partial charge in [-0.25, -0.2) is 4.79 Å². The fourth-order valence-corrected chi connectivity index (χ4v) is 3.45. The van der Waals surface area contributed by atoms with Crippen LogP contribution in [0.4, 0.5) is 0 Å². The van der Waals surface area contributed by atoms with Gasteiger partial charge in [0.2, 0.25) is 5.79 Å². The van der Waals surface area contributed by atoms with E-state index in [0.29, 0.717) is 12.2 Å². The van der Waals surface area contributed by atoms with Crippen LogP contribution in [0, 0.1) is 0 Å². The SMILES string of the molecule is CC1(C)OC(=O)C=C(CC(O[Si](C)(C)C)c2ccccc2)O1. The van der Waals surface area contributed by atoms with Crippen LogP contribution < -0.4 is 0 Å². The van der Waals surface area contributed by atoms with Gasteiger partial charge in [0.1, 0.15) is 5.76 Å². The lowest BCUT2D eigenvalue weighted by atomic mass is 10.1. The molecule has 0 bridgehead atoms. The van der Waals surface area contributed by atoms with Crippen molar-refractivity contribution in [3.8, 4) is 0 Å². The van der Waals surface area contributed by atoms with Gasteiger partial charge in [0.15, 0.2) is 8.32 Å². The molecule has 0 aromatic heterocycles. The topological polar surface area (TPSA) is 44.8 Å². The van der Waals surface area contributed by atoms with Gasteiger partial charge < -0.3 is 13.9 Å². The summed E-state index contributed by atoms with van der Waals surface area (Å²) in [5.41, 5.74) is 1.09. The number of carbonyl (C=O) groups excluding carboxylic acids is 1. The van der Waals surface area contributed by atoms with Crippen molar-refractivity contribution in [3.05, 3.63) is 47.7 Å². The lowest BCUT2D eigenvalue weighted by molar-refractivity contribution is -0.206. The zero-order valence-electron chi connectivity index (χ0n) is 13.9. The zero-order chi connectivity index (χ0) is 16.4. The maximum Gasteiger partial charge on any atom is 0.337 e. The quantitative estimate of drug-likeness (QED) is 0.603. The van der Waals surface area contributed by atoms with Crippen LogP contribution in [0.25, 0.3) is 0 Å². The highest BCUT2D eigenvalue weighted by Gasteiger charge is 2.32. The van der Waals surface area contributed by atoms with Gasteiger partial charge in [-0.3, -0.25) is 0 Å². The van der Waals surface area contributed by atoms with Crippen molar-refractivity contribution in [1.29, 1.82) is 0 Å². The Kier molecular flexibility index (Phi) is 4.77. The van der Waals surface area contributed by atoms with Gasteiger partial charge >= 0.3 is 5.97 Å².